The van der Waals surface area contributed by atoms with E-state index in [4.69, 9.17) is 32.7 Å². The van der Waals surface area contributed by atoms with Gasteiger partial charge in [0, 0.05) is 0 Å². The summed E-state index contributed by atoms with van der Waals surface area (Å²) >= 11 is 12.1. The number of benzene rings is 4. The molecular formula is C28H21Cl2NO2. The highest BCUT2D eigenvalue weighted by atomic mass is 35.5. The number of nitriles is 1. The lowest BCUT2D eigenvalue weighted by molar-refractivity contribution is 0.269. The lowest BCUT2D eigenvalue weighted by Gasteiger charge is -2.13. The van der Waals surface area contributed by atoms with Crippen molar-refractivity contribution in [2.24, 2.45) is 0 Å². The van der Waals surface area contributed by atoms with Gasteiger partial charge >= 0.3 is 0 Å². The molecule has 164 valence electrons. The fourth-order valence-electron chi connectivity index (χ4n) is 3.50. The monoisotopic (exact) mass is 473 g/mol. The predicted molar refractivity (Wildman–Crippen MR) is 136 cm³/mol. The molecule has 5 heteroatoms. The van der Waals surface area contributed by atoms with Crippen LogP contribution in [0.15, 0.2) is 78.9 Å². The lowest BCUT2D eigenvalue weighted by Crippen LogP contribution is -2.00. The van der Waals surface area contributed by atoms with E-state index in [1.807, 2.05) is 73.7 Å². The first-order valence-electron chi connectivity index (χ1n) is 10.5. The fourth-order valence-corrected chi connectivity index (χ4v) is 3.82. The van der Waals surface area contributed by atoms with Gasteiger partial charge in [0.05, 0.1) is 28.3 Å². The summed E-state index contributed by atoms with van der Waals surface area (Å²) in [5.74, 6) is 1.23. The second-order valence-corrected chi connectivity index (χ2v) is 8.22. The minimum atomic E-state index is 0.326. The van der Waals surface area contributed by atoms with Crippen LogP contribution in [-0.2, 0) is 6.61 Å². The summed E-state index contributed by atoms with van der Waals surface area (Å²) < 4.78 is 11.8. The third-order valence-corrected chi connectivity index (χ3v) is 5.88. The van der Waals surface area contributed by atoms with Crippen LogP contribution in [0.3, 0.4) is 0 Å². The van der Waals surface area contributed by atoms with Crippen molar-refractivity contribution in [1.29, 1.82) is 5.26 Å². The fraction of sp³-hybridized carbons (Fsp3) is 0.107. The van der Waals surface area contributed by atoms with Gasteiger partial charge in [-0.25, -0.2) is 0 Å². The quantitative estimate of drug-likeness (QED) is 0.200. The SMILES string of the molecule is CCOc1cc(/C=C(/C#N)c2ccc3ccccc3c2)ccc1OCc1ccc(Cl)c(Cl)c1. The van der Waals surface area contributed by atoms with Crippen molar-refractivity contribution in [3.05, 3.63) is 106 Å². The molecule has 0 fully saturated rings. The van der Waals surface area contributed by atoms with Crippen LogP contribution >= 0.6 is 23.2 Å². The van der Waals surface area contributed by atoms with Gasteiger partial charge in [-0.15, -0.1) is 0 Å². The first kappa shape index (κ1) is 22.7. The first-order valence-corrected chi connectivity index (χ1v) is 11.3. The smallest absolute Gasteiger partial charge is 0.161 e. The number of allylic oxidation sites excluding steroid dienone is 1. The average Bonchev–Trinajstić information content (AvgIpc) is 2.84. The Balaban J connectivity index is 1.60. The number of hydrogen-bond donors (Lipinski definition) is 0. The summed E-state index contributed by atoms with van der Waals surface area (Å²) in [6.45, 7) is 2.74. The third kappa shape index (κ3) is 5.49. The largest absolute Gasteiger partial charge is 0.490 e. The standard InChI is InChI=1S/C28H21Cl2NO2/c1-2-32-28-15-19(8-12-27(28)33-18-20-7-11-25(29)26(30)14-20)13-24(17-31)23-10-9-21-5-3-4-6-22(21)16-23/h3-16H,2,18H2,1H3/b24-13-. The van der Waals surface area contributed by atoms with Crippen LogP contribution in [0.4, 0.5) is 0 Å². The molecule has 0 amide bonds. The zero-order chi connectivity index (χ0) is 23.2. The molecule has 4 aromatic rings. The molecule has 0 saturated heterocycles. The molecule has 0 aliphatic rings. The van der Waals surface area contributed by atoms with E-state index in [1.165, 1.54) is 0 Å². The highest BCUT2D eigenvalue weighted by Gasteiger charge is 2.09. The molecule has 33 heavy (non-hydrogen) atoms. The molecule has 0 N–H and O–H groups in total. The molecule has 0 bridgehead atoms. The van der Waals surface area contributed by atoms with Crippen molar-refractivity contribution in [2.75, 3.05) is 6.61 Å². The van der Waals surface area contributed by atoms with E-state index in [2.05, 4.69) is 12.1 Å². The summed E-state index contributed by atoms with van der Waals surface area (Å²) in [6, 6.07) is 27.5. The Morgan fingerprint density at radius 3 is 2.42 bits per heavy atom. The van der Waals surface area contributed by atoms with Crippen LogP contribution in [0.1, 0.15) is 23.6 Å². The summed E-state index contributed by atoms with van der Waals surface area (Å²) in [6.07, 6.45) is 1.86. The Kier molecular flexibility index (Phi) is 7.19. The Bertz CT molecular complexity index is 1370. The van der Waals surface area contributed by atoms with Gasteiger partial charge in [-0.05, 0) is 70.8 Å². The molecule has 4 aromatic carbocycles. The van der Waals surface area contributed by atoms with E-state index in [9.17, 15) is 5.26 Å². The number of nitrogens with zero attached hydrogens (tertiary/aromatic N) is 1. The van der Waals surface area contributed by atoms with Gasteiger partial charge in [0.25, 0.3) is 0 Å². The summed E-state index contributed by atoms with van der Waals surface area (Å²) in [4.78, 5) is 0. The molecule has 0 radical (unpaired) electrons. The van der Waals surface area contributed by atoms with E-state index < -0.39 is 0 Å². The molecule has 0 aromatic heterocycles. The van der Waals surface area contributed by atoms with E-state index in [1.54, 1.807) is 12.1 Å². The second kappa shape index (κ2) is 10.4. The number of halogens is 2. The highest BCUT2D eigenvalue weighted by Crippen LogP contribution is 2.32. The zero-order valence-electron chi connectivity index (χ0n) is 18.0. The highest BCUT2D eigenvalue weighted by molar-refractivity contribution is 6.42. The van der Waals surface area contributed by atoms with Gasteiger partial charge in [-0.1, -0.05) is 71.7 Å². The first-order chi connectivity index (χ1) is 16.1. The van der Waals surface area contributed by atoms with Gasteiger partial charge in [0.2, 0.25) is 0 Å². The van der Waals surface area contributed by atoms with Crippen molar-refractivity contribution >= 4 is 45.6 Å². The van der Waals surface area contributed by atoms with Crippen molar-refractivity contribution < 1.29 is 9.47 Å². The molecular weight excluding hydrogens is 453 g/mol. The molecule has 0 aliphatic carbocycles. The van der Waals surface area contributed by atoms with Crippen LogP contribution in [0.2, 0.25) is 10.0 Å². The summed E-state index contributed by atoms with van der Waals surface area (Å²) in [5, 5.41) is 13.0. The van der Waals surface area contributed by atoms with E-state index >= 15 is 0 Å². The maximum Gasteiger partial charge on any atom is 0.161 e. The van der Waals surface area contributed by atoms with Crippen LogP contribution in [0.25, 0.3) is 22.4 Å². The summed E-state index contributed by atoms with van der Waals surface area (Å²) in [7, 11) is 0. The van der Waals surface area contributed by atoms with Crippen LogP contribution < -0.4 is 9.47 Å². The van der Waals surface area contributed by atoms with E-state index in [0.717, 1.165) is 27.5 Å². The topological polar surface area (TPSA) is 42.2 Å². The van der Waals surface area contributed by atoms with Gasteiger partial charge in [0.15, 0.2) is 11.5 Å². The second-order valence-electron chi connectivity index (χ2n) is 7.41. The minimum absolute atomic E-state index is 0.326. The lowest BCUT2D eigenvalue weighted by atomic mass is 10.00. The Labute approximate surface area is 203 Å². The number of fused-ring (bicyclic) bond motifs is 1. The third-order valence-electron chi connectivity index (χ3n) is 5.14. The van der Waals surface area contributed by atoms with Gasteiger partial charge in [-0.2, -0.15) is 5.26 Å². The van der Waals surface area contributed by atoms with Gasteiger partial charge in [-0.3, -0.25) is 0 Å². The Hall–Kier alpha value is -3.45. The molecule has 0 spiro atoms. The maximum atomic E-state index is 9.80. The molecule has 0 aliphatic heterocycles. The van der Waals surface area contributed by atoms with Crippen molar-refractivity contribution in [3.8, 4) is 17.6 Å². The molecule has 0 atom stereocenters. The van der Waals surface area contributed by atoms with Crippen molar-refractivity contribution in [3.63, 3.8) is 0 Å². The molecule has 0 saturated carbocycles. The van der Waals surface area contributed by atoms with Crippen molar-refractivity contribution in [1.82, 2.24) is 0 Å². The van der Waals surface area contributed by atoms with E-state index in [0.29, 0.717) is 40.3 Å². The number of hydrogen-bond acceptors (Lipinski definition) is 3. The maximum absolute atomic E-state index is 9.80. The van der Waals surface area contributed by atoms with Gasteiger partial charge in [0.1, 0.15) is 6.61 Å². The van der Waals surface area contributed by atoms with Crippen LogP contribution in [0, 0.1) is 11.3 Å². The normalized spacial score (nSPS) is 11.3. The predicted octanol–water partition coefficient (Wildman–Crippen LogP) is 8.19. The van der Waals surface area contributed by atoms with Crippen LogP contribution in [-0.4, -0.2) is 6.61 Å². The zero-order valence-corrected chi connectivity index (χ0v) is 19.5. The number of ether oxygens (including phenoxy) is 2. The Morgan fingerprint density at radius 2 is 1.67 bits per heavy atom. The van der Waals surface area contributed by atoms with Gasteiger partial charge < -0.3 is 9.47 Å². The number of rotatable bonds is 7. The molecule has 0 unspecified atom stereocenters. The molecule has 3 nitrogen and oxygen atoms in total. The Morgan fingerprint density at radius 1 is 0.848 bits per heavy atom. The van der Waals surface area contributed by atoms with Crippen molar-refractivity contribution in [2.45, 2.75) is 13.5 Å². The average molecular weight is 474 g/mol. The van der Waals surface area contributed by atoms with Crippen LogP contribution in [0.5, 0.6) is 11.5 Å². The summed E-state index contributed by atoms with van der Waals surface area (Å²) in [5.41, 5.74) is 3.20. The van der Waals surface area contributed by atoms with E-state index in [-0.39, 0.29) is 0 Å². The molecule has 0 heterocycles. The minimum Gasteiger partial charge on any atom is -0.490 e. The molecule has 4 rings (SSSR count).